The number of aromatic nitrogens is 2. The summed E-state index contributed by atoms with van der Waals surface area (Å²) in [5.74, 6) is -0.0579. The lowest BCUT2D eigenvalue weighted by molar-refractivity contribution is 0.698. The van der Waals surface area contributed by atoms with Gasteiger partial charge in [-0.25, -0.2) is 4.98 Å². The maximum absolute atomic E-state index is 8.64. The molecule has 1 aromatic rings. The van der Waals surface area contributed by atoms with E-state index < -0.39 is 0 Å². The molecule has 1 aromatic heterocycles. The Bertz CT molecular complexity index is 269. The van der Waals surface area contributed by atoms with Crippen molar-refractivity contribution in [2.45, 2.75) is 26.3 Å². The highest BCUT2D eigenvalue weighted by atomic mass is 15.0. The molecule has 1 atom stereocenters. The predicted molar refractivity (Wildman–Crippen MR) is 41.9 cm³/mol. The molecule has 0 saturated heterocycles. The molecule has 0 amide bonds. The van der Waals surface area contributed by atoms with E-state index in [0.29, 0.717) is 0 Å². The van der Waals surface area contributed by atoms with E-state index >= 15 is 0 Å². The van der Waals surface area contributed by atoms with Gasteiger partial charge < -0.3 is 4.57 Å². The monoisotopic (exact) mass is 149 g/mol. The molecule has 1 heterocycles. The largest absolute Gasteiger partial charge is 0.334 e. The van der Waals surface area contributed by atoms with Crippen LogP contribution in [0.15, 0.2) is 12.5 Å². The van der Waals surface area contributed by atoms with Gasteiger partial charge in [-0.3, -0.25) is 0 Å². The Morgan fingerprint density at radius 2 is 2.55 bits per heavy atom. The van der Waals surface area contributed by atoms with Crippen molar-refractivity contribution in [3.8, 4) is 6.07 Å². The van der Waals surface area contributed by atoms with Gasteiger partial charge in [0.15, 0.2) is 0 Å². The predicted octanol–water partition coefficient (Wildman–Crippen LogP) is 1.53. The molecule has 0 aliphatic heterocycles. The second-order valence-corrected chi connectivity index (χ2v) is 2.46. The molecular weight excluding hydrogens is 138 g/mol. The maximum Gasteiger partial charge on any atom is 0.0948 e. The zero-order valence-electron chi connectivity index (χ0n) is 6.78. The number of nitriles is 1. The molecule has 0 radical (unpaired) electrons. The van der Waals surface area contributed by atoms with Gasteiger partial charge >= 0.3 is 0 Å². The van der Waals surface area contributed by atoms with Gasteiger partial charge in [-0.15, -0.1) is 0 Å². The van der Waals surface area contributed by atoms with Crippen LogP contribution in [-0.4, -0.2) is 9.55 Å². The minimum atomic E-state index is -0.0579. The van der Waals surface area contributed by atoms with Crippen molar-refractivity contribution in [1.82, 2.24) is 9.55 Å². The Hall–Kier alpha value is -1.30. The third kappa shape index (κ3) is 1.40. The zero-order valence-corrected chi connectivity index (χ0v) is 6.78. The molecule has 11 heavy (non-hydrogen) atoms. The van der Waals surface area contributed by atoms with Crippen LogP contribution in [0.25, 0.3) is 0 Å². The van der Waals surface area contributed by atoms with E-state index in [0.717, 1.165) is 12.2 Å². The summed E-state index contributed by atoms with van der Waals surface area (Å²) in [7, 11) is 0. The fourth-order valence-corrected chi connectivity index (χ4v) is 1.02. The van der Waals surface area contributed by atoms with Crippen LogP contribution in [0.4, 0.5) is 0 Å². The number of hydrogen-bond donors (Lipinski definition) is 0. The standard InChI is InChI=1S/C8H11N3/c1-3-11-6-10-5-8(11)7(2)4-9/h5-7H,3H2,1-2H3. The summed E-state index contributed by atoms with van der Waals surface area (Å²) >= 11 is 0. The summed E-state index contributed by atoms with van der Waals surface area (Å²) in [5.41, 5.74) is 0.995. The second kappa shape index (κ2) is 3.20. The SMILES string of the molecule is CCn1cncc1C(C)C#N. The van der Waals surface area contributed by atoms with Crippen LogP contribution < -0.4 is 0 Å². The van der Waals surface area contributed by atoms with Gasteiger partial charge in [-0.05, 0) is 13.8 Å². The minimum Gasteiger partial charge on any atom is -0.334 e. The lowest BCUT2D eigenvalue weighted by Crippen LogP contribution is -2.01. The topological polar surface area (TPSA) is 41.6 Å². The summed E-state index contributed by atoms with van der Waals surface area (Å²) in [6, 6.07) is 2.18. The molecule has 0 aromatic carbocycles. The summed E-state index contributed by atoms with van der Waals surface area (Å²) in [6.07, 6.45) is 3.50. The number of imidazole rings is 1. The summed E-state index contributed by atoms with van der Waals surface area (Å²) in [4.78, 5) is 3.97. The lowest BCUT2D eigenvalue weighted by atomic mass is 10.1. The first-order valence-electron chi connectivity index (χ1n) is 3.69. The molecule has 58 valence electrons. The van der Waals surface area contributed by atoms with Gasteiger partial charge in [0.05, 0.1) is 24.0 Å². The fraction of sp³-hybridized carbons (Fsp3) is 0.500. The van der Waals surface area contributed by atoms with Crippen molar-refractivity contribution >= 4 is 0 Å². The second-order valence-electron chi connectivity index (χ2n) is 2.46. The van der Waals surface area contributed by atoms with Crippen molar-refractivity contribution in [3.05, 3.63) is 18.2 Å². The van der Waals surface area contributed by atoms with Crippen molar-refractivity contribution in [3.63, 3.8) is 0 Å². The number of hydrogen-bond acceptors (Lipinski definition) is 2. The number of rotatable bonds is 2. The highest BCUT2D eigenvalue weighted by molar-refractivity contribution is 5.12. The molecule has 1 unspecified atom stereocenters. The van der Waals surface area contributed by atoms with E-state index in [1.807, 2.05) is 18.4 Å². The van der Waals surface area contributed by atoms with Crippen LogP contribution in [0.2, 0.25) is 0 Å². The fourth-order valence-electron chi connectivity index (χ4n) is 1.02. The Kier molecular flexibility index (Phi) is 2.27. The number of nitrogens with zero attached hydrogens (tertiary/aromatic N) is 3. The van der Waals surface area contributed by atoms with E-state index in [2.05, 4.69) is 11.1 Å². The Balaban J connectivity index is 2.94. The van der Waals surface area contributed by atoms with E-state index in [9.17, 15) is 0 Å². The van der Waals surface area contributed by atoms with Crippen LogP contribution in [-0.2, 0) is 6.54 Å². The zero-order chi connectivity index (χ0) is 8.27. The molecule has 3 nitrogen and oxygen atoms in total. The van der Waals surface area contributed by atoms with Crippen LogP contribution in [0.1, 0.15) is 25.5 Å². The van der Waals surface area contributed by atoms with E-state index in [4.69, 9.17) is 5.26 Å². The number of aryl methyl sites for hydroxylation is 1. The van der Waals surface area contributed by atoms with E-state index in [-0.39, 0.29) is 5.92 Å². The molecule has 0 saturated carbocycles. The first-order chi connectivity index (χ1) is 5.29. The average Bonchev–Trinajstić information content (AvgIpc) is 2.50. The molecule has 3 heteroatoms. The quantitative estimate of drug-likeness (QED) is 0.639. The lowest BCUT2D eigenvalue weighted by Gasteiger charge is -2.04. The van der Waals surface area contributed by atoms with Gasteiger partial charge in [0.2, 0.25) is 0 Å². The van der Waals surface area contributed by atoms with Crippen molar-refractivity contribution in [2.24, 2.45) is 0 Å². The van der Waals surface area contributed by atoms with Crippen molar-refractivity contribution in [1.29, 1.82) is 5.26 Å². The van der Waals surface area contributed by atoms with Gasteiger partial charge in [0.1, 0.15) is 0 Å². The van der Waals surface area contributed by atoms with Crippen LogP contribution in [0.3, 0.4) is 0 Å². The van der Waals surface area contributed by atoms with Gasteiger partial charge in [-0.2, -0.15) is 5.26 Å². The summed E-state index contributed by atoms with van der Waals surface area (Å²) in [5, 5.41) is 8.64. The maximum atomic E-state index is 8.64. The average molecular weight is 149 g/mol. The van der Waals surface area contributed by atoms with E-state index in [1.165, 1.54) is 0 Å². The van der Waals surface area contributed by atoms with Crippen molar-refractivity contribution < 1.29 is 0 Å². The van der Waals surface area contributed by atoms with Crippen LogP contribution in [0.5, 0.6) is 0 Å². The Labute approximate surface area is 66.3 Å². The summed E-state index contributed by atoms with van der Waals surface area (Å²) in [6.45, 7) is 4.79. The Morgan fingerprint density at radius 1 is 1.82 bits per heavy atom. The molecule has 1 rings (SSSR count). The molecule has 0 aliphatic rings. The third-order valence-corrected chi connectivity index (χ3v) is 1.72. The molecular formula is C8H11N3. The summed E-state index contributed by atoms with van der Waals surface area (Å²) < 4.78 is 1.98. The van der Waals surface area contributed by atoms with Gasteiger partial charge in [0.25, 0.3) is 0 Å². The van der Waals surface area contributed by atoms with Gasteiger partial charge in [-0.1, -0.05) is 0 Å². The van der Waals surface area contributed by atoms with Crippen LogP contribution in [0, 0.1) is 11.3 Å². The minimum absolute atomic E-state index is 0.0579. The van der Waals surface area contributed by atoms with Gasteiger partial charge in [0, 0.05) is 12.7 Å². The third-order valence-electron chi connectivity index (χ3n) is 1.72. The smallest absolute Gasteiger partial charge is 0.0948 e. The Morgan fingerprint density at radius 3 is 3.09 bits per heavy atom. The first kappa shape index (κ1) is 7.80. The molecule has 0 fully saturated rings. The molecule has 0 aliphatic carbocycles. The highest BCUT2D eigenvalue weighted by Crippen LogP contribution is 2.12. The van der Waals surface area contributed by atoms with Crippen molar-refractivity contribution in [2.75, 3.05) is 0 Å². The first-order valence-corrected chi connectivity index (χ1v) is 3.69. The molecule has 0 spiro atoms. The molecule has 0 bridgehead atoms. The molecule has 0 N–H and O–H groups in total. The highest BCUT2D eigenvalue weighted by Gasteiger charge is 2.07. The van der Waals surface area contributed by atoms with Crippen LogP contribution >= 0.6 is 0 Å². The normalized spacial score (nSPS) is 12.5. The van der Waals surface area contributed by atoms with E-state index in [1.54, 1.807) is 12.5 Å².